The van der Waals surface area contributed by atoms with Gasteiger partial charge in [-0.25, -0.2) is 0 Å². The van der Waals surface area contributed by atoms with E-state index in [1.165, 1.54) is 0 Å². The van der Waals surface area contributed by atoms with Gasteiger partial charge in [0.2, 0.25) is 0 Å². The SMILES string of the molecule is C/C(C#CC1=C[C@@H](OC2CCCCO2)[C@H](O[Si](C)(C)C(C)(C)C)C1(O)CC#CCO)=C/COC1CCCCO1. The number of allylic oxidation sites excluding steroid dienone is 1. The highest BCUT2D eigenvalue weighted by Crippen LogP contribution is 2.44. The van der Waals surface area contributed by atoms with Crippen LogP contribution in [0, 0.1) is 23.7 Å². The summed E-state index contributed by atoms with van der Waals surface area (Å²) in [5.74, 6) is 12.0. The molecule has 3 rings (SSSR count). The minimum atomic E-state index is -2.32. The summed E-state index contributed by atoms with van der Waals surface area (Å²) in [6.07, 6.45) is 8.10. The van der Waals surface area contributed by atoms with Crippen LogP contribution in [0.3, 0.4) is 0 Å². The van der Waals surface area contributed by atoms with Gasteiger partial charge in [-0.05, 0) is 81.3 Å². The molecule has 2 aliphatic heterocycles. The first kappa shape index (κ1) is 32.1. The first-order valence-corrected chi connectivity index (χ1v) is 17.3. The van der Waals surface area contributed by atoms with Crippen molar-refractivity contribution in [1.82, 2.24) is 0 Å². The molecule has 0 saturated carbocycles. The molecule has 0 aromatic heterocycles. The second-order valence-electron chi connectivity index (χ2n) is 12.2. The Morgan fingerprint density at radius 1 is 1.10 bits per heavy atom. The third-order valence-electron chi connectivity index (χ3n) is 8.01. The maximum Gasteiger partial charge on any atom is 0.192 e. The normalized spacial score (nSPS) is 30.2. The second kappa shape index (κ2) is 14.4. The molecule has 218 valence electrons. The van der Waals surface area contributed by atoms with Gasteiger partial charge < -0.3 is 33.6 Å². The Balaban J connectivity index is 1.87. The van der Waals surface area contributed by atoms with Crippen LogP contribution in [0.5, 0.6) is 0 Å². The molecule has 0 aromatic rings. The first-order chi connectivity index (χ1) is 18.5. The van der Waals surface area contributed by atoms with Gasteiger partial charge in [-0.15, -0.1) is 0 Å². The molecule has 2 saturated heterocycles. The zero-order chi connectivity index (χ0) is 28.5. The molecule has 1 aliphatic carbocycles. The van der Waals surface area contributed by atoms with E-state index in [0.717, 1.165) is 50.7 Å². The van der Waals surface area contributed by atoms with Crippen molar-refractivity contribution in [1.29, 1.82) is 0 Å². The summed E-state index contributed by atoms with van der Waals surface area (Å²) in [6.45, 7) is 14.3. The van der Waals surface area contributed by atoms with Crippen LogP contribution >= 0.6 is 0 Å². The Morgan fingerprint density at radius 2 is 1.77 bits per heavy atom. The van der Waals surface area contributed by atoms with Crippen LogP contribution < -0.4 is 0 Å². The number of ether oxygens (including phenoxy) is 4. The Hall–Kier alpha value is -1.46. The summed E-state index contributed by atoms with van der Waals surface area (Å²) < 4.78 is 30.6. The van der Waals surface area contributed by atoms with Gasteiger partial charge in [0.15, 0.2) is 20.9 Å². The van der Waals surface area contributed by atoms with Crippen molar-refractivity contribution in [3.63, 3.8) is 0 Å². The summed E-state index contributed by atoms with van der Waals surface area (Å²) >= 11 is 0. The van der Waals surface area contributed by atoms with Crippen molar-refractivity contribution in [2.75, 3.05) is 26.4 Å². The zero-order valence-electron chi connectivity index (χ0n) is 24.7. The fourth-order valence-corrected chi connectivity index (χ4v) is 5.84. The highest BCUT2D eigenvalue weighted by Gasteiger charge is 2.54. The van der Waals surface area contributed by atoms with Gasteiger partial charge in [0, 0.05) is 25.2 Å². The molecule has 0 bridgehead atoms. The Morgan fingerprint density at radius 3 is 2.36 bits per heavy atom. The van der Waals surface area contributed by atoms with E-state index in [1.54, 1.807) is 0 Å². The molecule has 0 amide bonds. The van der Waals surface area contributed by atoms with Crippen molar-refractivity contribution >= 4 is 8.32 Å². The van der Waals surface area contributed by atoms with Crippen LogP contribution in [-0.4, -0.2) is 75.3 Å². The number of rotatable bonds is 8. The summed E-state index contributed by atoms with van der Waals surface area (Å²) in [5, 5.41) is 21.4. The topological polar surface area (TPSA) is 86.6 Å². The third-order valence-corrected chi connectivity index (χ3v) is 12.5. The fourth-order valence-electron chi connectivity index (χ4n) is 4.52. The third kappa shape index (κ3) is 9.01. The minimum Gasteiger partial charge on any atom is -0.408 e. The van der Waals surface area contributed by atoms with Gasteiger partial charge >= 0.3 is 0 Å². The lowest BCUT2D eigenvalue weighted by molar-refractivity contribution is -0.203. The molecule has 0 aromatic carbocycles. The molecular formula is C31H48O7Si. The van der Waals surface area contributed by atoms with Crippen LogP contribution in [0.2, 0.25) is 18.1 Å². The predicted molar refractivity (Wildman–Crippen MR) is 154 cm³/mol. The lowest BCUT2D eigenvalue weighted by atomic mass is 9.89. The Bertz CT molecular complexity index is 978. The van der Waals surface area contributed by atoms with Crippen molar-refractivity contribution < 1.29 is 33.6 Å². The summed E-state index contributed by atoms with van der Waals surface area (Å²) in [4.78, 5) is 0. The number of hydrogen-bond acceptors (Lipinski definition) is 7. The summed E-state index contributed by atoms with van der Waals surface area (Å²) in [5.41, 5.74) is -0.141. The molecule has 2 fully saturated rings. The van der Waals surface area contributed by atoms with Gasteiger partial charge in [-0.1, -0.05) is 44.5 Å². The lowest BCUT2D eigenvalue weighted by Crippen LogP contribution is -2.55. The van der Waals surface area contributed by atoms with Crippen LogP contribution in [0.25, 0.3) is 0 Å². The summed E-state index contributed by atoms with van der Waals surface area (Å²) in [6, 6.07) is 0. The van der Waals surface area contributed by atoms with Gasteiger partial charge in [0.1, 0.15) is 24.4 Å². The number of hydrogen-bond donors (Lipinski definition) is 2. The van der Waals surface area contributed by atoms with E-state index in [2.05, 4.69) is 57.5 Å². The molecule has 8 heteroatoms. The first-order valence-electron chi connectivity index (χ1n) is 14.3. The van der Waals surface area contributed by atoms with Gasteiger partial charge in [-0.3, -0.25) is 0 Å². The second-order valence-corrected chi connectivity index (χ2v) is 16.9. The Labute approximate surface area is 236 Å². The van der Waals surface area contributed by atoms with Crippen molar-refractivity contribution in [2.45, 2.75) is 121 Å². The van der Waals surface area contributed by atoms with E-state index in [9.17, 15) is 10.2 Å². The van der Waals surface area contributed by atoms with E-state index in [-0.39, 0.29) is 30.6 Å². The van der Waals surface area contributed by atoms with E-state index in [4.69, 9.17) is 23.4 Å². The zero-order valence-corrected chi connectivity index (χ0v) is 25.7. The maximum absolute atomic E-state index is 12.2. The predicted octanol–water partition coefficient (Wildman–Crippen LogP) is 4.84. The minimum absolute atomic E-state index is 0.0731. The largest absolute Gasteiger partial charge is 0.408 e. The average molecular weight is 561 g/mol. The molecule has 5 atom stereocenters. The van der Waals surface area contributed by atoms with E-state index in [0.29, 0.717) is 18.8 Å². The van der Waals surface area contributed by atoms with Gasteiger partial charge in [0.25, 0.3) is 0 Å². The van der Waals surface area contributed by atoms with Crippen LogP contribution in [0.15, 0.2) is 23.3 Å². The molecular weight excluding hydrogens is 512 g/mol. The molecule has 0 radical (unpaired) electrons. The summed E-state index contributed by atoms with van der Waals surface area (Å²) in [7, 11) is -2.32. The molecule has 2 heterocycles. The van der Waals surface area contributed by atoms with E-state index in [1.807, 2.05) is 19.1 Å². The molecule has 3 aliphatic rings. The van der Waals surface area contributed by atoms with Crippen LogP contribution in [0.4, 0.5) is 0 Å². The van der Waals surface area contributed by atoms with Crippen molar-refractivity contribution in [3.05, 3.63) is 23.3 Å². The molecule has 3 unspecified atom stereocenters. The van der Waals surface area contributed by atoms with E-state index < -0.39 is 26.1 Å². The standard InChI is InChI=1S/C31H48O7Si/c1-24(17-22-36-27-13-7-11-20-34-27)15-16-25-23-26(37-28-14-8-12-21-35-28)29(31(25,33)18-9-10-19-32)38-39(5,6)30(2,3)4/h17,23,26-29,32-33H,7-8,11-14,18-22H2,1-6H3/b24-17-/t26-,27?,28?,29+,31?/m1/s1. The monoisotopic (exact) mass is 560 g/mol. The van der Waals surface area contributed by atoms with Crippen molar-refractivity contribution in [2.24, 2.45) is 0 Å². The fraction of sp³-hybridized carbons (Fsp3) is 0.742. The molecule has 2 N–H and O–H groups in total. The quantitative estimate of drug-likeness (QED) is 0.325. The van der Waals surface area contributed by atoms with E-state index >= 15 is 0 Å². The number of aliphatic hydroxyl groups excluding tert-OH is 1. The van der Waals surface area contributed by atoms with Crippen LogP contribution in [0.1, 0.15) is 72.6 Å². The molecule has 0 spiro atoms. The highest BCUT2D eigenvalue weighted by molar-refractivity contribution is 6.74. The molecule has 39 heavy (non-hydrogen) atoms. The lowest BCUT2D eigenvalue weighted by Gasteiger charge is -2.44. The van der Waals surface area contributed by atoms with Crippen LogP contribution in [-0.2, 0) is 23.4 Å². The maximum atomic E-state index is 12.2. The van der Waals surface area contributed by atoms with Gasteiger partial charge in [0.05, 0.1) is 6.61 Å². The average Bonchev–Trinajstić information content (AvgIpc) is 3.13. The molecule has 7 nitrogen and oxygen atoms in total. The number of aliphatic hydroxyl groups is 2. The Kier molecular flexibility index (Phi) is 11.9. The smallest absolute Gasteiger partial charge is 0.192 e. The highest BCUT2D eigenvalue weighted by atomic mass is 28.4. The van der Waals surface area contributed by atoms with Crippen molar-refractivity contribution in [3.8, 4) is 23.7 Å². The van der Waals surface area contributed by atoms with Gasteiger partial charge in [-0.2, -0.15) is 0 Å².